The maximum Gasteiger partial charge on any atom is 0.303 e. The number of carbonyl (C=O) groups excluding carboxylic acids is 2. The van der Waals surface area contributed by atoms with Crippen molar-refractivity contribution in [3.05, 3.63) is 46.8 Å². The molecule has 126 valence electrons. The van der Waals surface area contributed by atoms with Crippen molar-refractivity contribution in [2.24, 2.45) is 0 Å². The highest BCUT2D eigenvalue weighted by atomic mass is 16.5. The van der Waals surface area contributed by atoms with Gasteiger partial charge in [0.25, 0.3) is 11.5 Å². The van der Waals surface area contributed by atoms with Crippen molar-refractivity contribution in [3.8, 4) is 11.3 Å². The summed E-state index contributed by atoms with van der Waals surface area (Å²) in [5.41, 5.74) is 1.74. The summed E-state index contributed by atoms with van der Waals surface area (Å²) in [6.45, 7) is 3.19. The van der Waals surface area contributed by atoms with E-state index in [4.69, 9.17) is 4.74 Å². The number of rotatable bonds is 6. The number of aromatic nitrogens is 2. The van der Waals surface area contributed by atoms with Crippen molar-refractivity contribution in [2.45, 2.75) is 32.8 Å². The van der Waals surface area contributed by atoms with E-state index < -0.39 is 12.1 Å². The molecule has 1 aromatic carbocycles. The lowest BCUT2D eigenvalue weighted by Gasteiger charge is -2.16. The molecule has 0 saturated heterocycles. The Morgan fingerprint density at radius 2 is 1.92 bits per heavy atom. The number of hydrogen-bond acceptors (Lipinski definition) is 5. The van der Waals surface area contributed by atoms with Gasteiger partial charge < -0.3 is 10.1 Å². The highest BCUT2D eigenvalue weighted by Gasteiger charge is 2.20. The molecule has 0 fully saturated rings. The number of aromatic amines is 1. The summed E-state index contributed by atoms with van der Waals surface area (Å²) in [6.07, 6.45) is 0.389. The second kappa shape index (κ2) is 8.05. The lowest BCUT2D eigenvalue weighted by atomic mass is 10.1. The van der Waals surface area contributed by atoms with Gasteiger partial charge in [-0.25, -0.2) is 5.10 Å². The molecule has 2 rings (SSSR count). The molecular weight excluding hydrogens is 310 g/mol. The average molecular weight is 329 g/mol. The number of hydrogen-bond donors (Lipinski definition) is 2. The van der Waals surface area contributed by atoms with Crippen LogP contribution in [0.1, 0.15) is 26.7 Å². The number of nitrogens with zero attached hydrogens (tertiary/aromatic N) is 1. The fraction of sp³-hybridized carbons (Fsp3) is 0.294. The normalized spacial score (nSPS) is 11.6. The molecule has 1 unspecified atom stereocenters. The number of esters is 1. The highest BCUT2D eigenvalue weighted by Crippen LogP contribution is 2.18. The van der Waals surface area contributed by atoms with Crippen LogP contribution < -0.4 is 10.9 Å². The summed E-state index contributed by atoms with van der Waals surface area (Å²) < 4.78 is 5.03. The molecule has 2 aromatic rings. The maximum atomic E-state index is 12.2. The van der Waals surface area contributed by atoms with Crippen LogP contribution in [0.15, 0.2) is 41.2 Å². The van der Waals surface area contributed by atoms with E-state index in [2.05, 4.69) is 15.5 Å². The van der Waals surface area contributed by atoms with Gasteiger partial charge in [-0.1, -0.05) is 25.5 Å². The molecule has 7 heteroatoms. The van der Waals surface area contributed by atoms with Gasteiger partial charge in [0.05, 0.1) is 5.69 Å². The van der Waals surface area contributed by atoms with Crippen molar-refractivity contribution in [1.82, 2.24) is 10.2 Å². The number of benzene rings is 1. The Kier molecular flexibility index (Phi) is 5.83. The van der Waals surface area contributed by atoms with Crippen molar-refractivity contribution in [1.29, 1.82) is 0 Å². The van der Waals surface area contributed by atoms with Gasteiger partial charge in [0.2, 0.25) is 0 Å². The second-order valence-electron chi connectivity index (χ2n) is 5.26. The molecule has 0 spiro atoms. The predicted molar refractivity (Wildman–Crippen MR) is 89.4 cm³/mol. The third kappa shape index (κ3) is 4.77. The molecule has 1 atom stereocenters. The van der Waals surface area contributed by atoms with Gasteiger partial charge in [-0.3, -0.25) is 14.4 Å². The van der Waals surface area contributed by atoms with E-state index in [1.165, 1.54) is 13.0 Å². The number of ether oxygens (including phenoxy) is 1. The highest BCUT2D eigenvalue weighted by molar-refractivity contribution is 5.95. The van der Waals surface area contributed by atoms with E-state index >= 15 is 0 Å². The minimum absolute atomic E-state index is 0.268. The molecule has 2 N–H and O–H groups in total. The van der Waals surface area contributed by atoms with Crippen LogP contribution in [0.4, 0.5) is 5.69 Å². The lowest BCUT2D eigenvalue weighted by molar-refractivity contribution is -0.152. The predicted octanol–water partition coefficient (Wildman–Crippen LogP) is 2.11. The van der Waals surface area contributed by atoms with Crippen LogP contribution in [0, 0.1) is 0 Å². The van der Waals surface area contributed by atoms with Crippen LogP contribution in [-0.2, 0) is 14.3 Å². The number of amides is 1. The van der Waals surface area contributed by atoms with E-state index in [9.17, 15) is 14.4 Å². The quantitative estimate of drug-likeness (QED) is 0.790. The molecule has 0 radical (unpaired) electrons. The monoisotopic (exact) mass is 329 g/mol. The standard InChI is InChI=1S/C17H19N3O4/c1-3-4-15(24-11(2)21)17(23)18-13-7-5-12(6-8-13)14-9-10-16(22)20-19-14/h5-10,15H,3-4H2,1-2H3,(H,18,23)(H,20,22). The van der Waals surface area contributed by atoms with Gasteiger partial charge in [-0.2, -0.15) is 5.10 Å². The Hall–Kier alpha value is -2.96. The first kappa shape index (κ1) is 17.4. The Morgan fingerprint density at radius 1 is 1.21 bits per heavy atom. The van der Waals surface area contributed by atoms with E-state index in [1.807, 2.05) is 6.92 Å². The van der Waals surface area contributed by atoms with Gasteiger partial charge in [0.1, 0.15) is 0 Å². The van der Waals surface area contributed by atoms with E-state index in [-0.39, 0.29) is 11.5 Å². The first-order chi connectivity index (χ1) is 11.5. The van der Waals surface area contributed by atoms with Crippen LogP contribution in [0.3, 0.4) is 0 Å². The summed E-state index contributed by atoms with van der Waals surface area (Å²) in [4.78, 5) is 34.3. The van der Waals surface area contributed by atoms with Gasteiger partial charge in [-0.15, -0.1) is 0 Å². The number of anilines is 1. The fourth-order valence-corrected chi connectivity index (χ4v) is 2.16. The first-order valence-corrected chi connectivity index (χ1v) is 7.64. The lowest BCUT2D eigenvalue weighted by Crippen LogP contribution is -2.31. The van der Waals surface area contributed by atoms with Gasteiger partial charge in [-0.05, 0) is 24.6 Å². The number of nitrogens with one attached hydrogen (secondary N) is 2. The van der Waals surface area contributed by atoms with E-state index in [1.54, 1.807) is 30.3 Å². The van der Waals surface area contributed by atoms with E-state index in [0.717, 1.165) is 12.0 Å². The van der Waals surface area contributed by atoms with Crippen molar-refractivity contribution >= 4 is 17.6 Å². The molecule has 7 nitrogen and oxygen atoms in total. The zero-order valence-electron chi connectivity index (χ0n) is 13.5. The van der Waals surface area contributed by atoms with Gasteiger partial charge >= 0.3 is 5.97 Å². The van der Waals surface area contributed by atoms with Crippen LogP contribution in [0.25, 0.3) is 11.3 Å². The van der Waals surface area contributed by atoms with Gasteiger partial charge in [0, 0.05) is 24.2 Å². The number of H-pyrrole nitrogens is 1. The molecule has 0 saturated carbocycles. The smallest absolute Gasteiger partial charge is 0.303 e. The molecule has 0 aliphatic rings. The van der Waals surface area contributed by atoms with Crippen molar-refractivity contribution in [2.75, 3.05) is 5.32 Å². The minimum atomic E-state index is -0.798. The molecular formula is C17H19N3O4. The SMILES string of the molecule is CCCC(OC(C)=O)C(=O)Nc1ccc(-c2ccc(=O)[nH]n2)cc1. The van der Waals surface area contributed by atoms with Crippen LogP contribution in [0.5, 0.6) is 0 Å². The van der Waals surface area contributed by atoms with E-state index in [0.29, 0.717) is 17.8 Å². The molecule has 1 aromatic heterocycles. The van der Waals surface area contributed by atoms with Crippen molar-refractivity contribution in [3.63, 3.8) is 0 Å². The van der Waals surface area contributed by atoms with Crippen LogP contribution in [0.2, 0.25) is 0 Å². The maximum absolute atomic E-state index is 12.2. The Morgan fingerprint density at radius 3 is 2.46 bits per heavy atom. The topological polar surface area (TPSA) is 101 Å². The zero-order valence-corrected chi connectivity index (χ0v) is 13.5. The molecule has 0 bridgehead atoms. The summed E-state index contributed by atoms with van der Waals surface area (Å²) in [6, 6.07) is 10.00. The zero-order chi connectivity index (χ0) is 17.5. The van der Waals surface area contributed by atoms with Crippen LogP contribution >= 0.6 is 0 Å². The Bertz CT molecular complexity index is 748. The molecule has 0 aliphatic carbocycles. The van der Waals surface area contributed by atoms with Crippen LogP contribution in [-0.4, -0.2) is 28.2 Å². The minimum Gasteiger partial charge on any atom is -0.452 e. The Labute approximate surface area is 139 Å². The molecule has 1 amide bonds. The Balaban J connectivity index is 2.07. The third-order valence-corrected chi connectivity index (χ3v) is 3.28. The largest absolute Gasteiger partial charge is 0.452 e. The second-order valence-corrected chi connectivity index (χ2v) is 5.26. The summed E-state index contributed by atoms with van der Waals surface area (Å²) in [5, 5.41) is 9.04. The third-order valence-electron chi connectivity index (χ3n) is 3.28. The molecule has 0 aliphatic heterocycles. The molecule has 24 heavy (non-hydrogen) atoms. The molecule has 1 heterocycles. The van der Waals surface area contributed by atoms with Crippen molar-refractivity contribution < 1.29 is 14.3 Å². The summed E-state index contributed by atoms with van der Waals surface area (Å²) in [5.74, 6) is -0.843. The summed E-state index contributed by atoms with van der Waals surface area (Å²) in [7, 11) is 0. The summed E-state index contributed by atoms with van der Waals surface area (Å²) >= 11 is 0. The first-order valence-electron chi connectivity index (χ1n) is 7.64. The van der Waals surface area contributed by atoms with Gasteiger partial charge in [0.15, 0.2) is 6.10 Å². The fourth-order valence-electron chi connectivity index (χ4n) is 2.16. The average Bonchev–Trinajstić information content (AvgIpc) is 2.55. The number of carbonyl (C=O) groups is 2.